The minimum absolute atomic E-state index is 0.125. The first-order chi connectivity index (χ1) is 9.88. The summed E-state index contributed by atoms with van der Waals surface area (Å²) in [7, 11) is 0. The normalized spacial score (nSPS) is 10.2. The summed E-state index contributed by atoms with van der Waals surface area (Å²) in [5, 5.41) is 10.9. The number of nitrogens with zero attached hydrogens (tertiary/aromatic N) is 2. The molecule has 0 unspecified atom stereocenters. The molecule has 0 aliphatic carbocycles. The number of nitro benzene ring substituents is 1. The molecule has 0 heterocycles. The molecule has 0 spiro atoms. The highest BCUT2D eigenvalue weighted by Crippen LogP contribution is 2.29. The SMILES string of the molecule is CCCCN(CC(N)=O)C(=O)c1cccc(Cl)c1[N+](=O)[O-]. The van der Waals surface area contributed by atoms with Crippen LogP contribution in [-0.2, 0) is 4.79 Å². The van der Waals surface area contributed by atoms with E-state index in [0.29, 0.717) is 13.0 Å². The second-order valence-electron chi connectivity index (χ2n) is 4.44. The summed E-state index contributed by atoms with van der Waals surface area (Å²) in [6, 6.07) is 4.10. The van der Waals surface area contributed by atoms with Crippen molar-refractivity contribution in [2.24, 2.45) is 5.73 Å². The van der Waals surface area contributed by atoms with Crippen LogP contribution in [-0.4, -0.2) is 34.7 Å². The van der Waals surface area contributed by atoms with Crippen molar-refractivity contribution in [2.75, 3.05) is 13.1 Å². The van der Waals surface area contributed by atoms with E-state index in [4.69, 9.17) is 17.3 Å². The number of carbonyl (C=O) groups is 2. The van der Waals surface area contributed by atoms with Gasteiger partial charge in [-0.3, -0.25) is 19.7 Å². The summed E-state index contributed by atoms with van der Waals surface area (Å²) in [6.07, 6.45) is 1.47. The number of hydrogen-bond acceptors (Lipinski definition) is 4. The maximum absolute atomic E-state index is 12.4. The Bertz CT molecular complexity index is 562. The Labute approximate surface area is 126 Å². The fourth-order valence-corrected chi connectivity index (χ4v) is 2.08. The van der Waals surface area contributed by atoms with Gasteiger partial charge in [-0.2, -0.15) is 0 Å². The Morgan fingerprint density at radius 3 is 2.62 bits per heavy atom. The summed E-state index contributed by atoms with van der Waals surface area (Å²) in [5.74, 6) is -1.31. The molecular weight excluding hydrogens is 298 g/mol. The van der Waals surface area contributed by atoms with Gasteiger partial charge in [-0.15, -0.1) is 0 Å². The lowest BCUT2D eigenvalue weighted by Gasteiger charge is -2.21. The molecule has 1 rings (SSSR count). The van der Waals surface area contributed by atoms with Gasteiger partial charge in [0, 0.05) is 6.54 Å². The smallest absolute Gasteiger partial charge is 0.300 e. The molecule has 0 aliphatic rings. The van der Waals surface area contributed by atoms with E-state index in [-0.39, 0.29) is 17.1 Å². The van der Waals surface area contributed by atoms with Crippen molar-refractivity contribution in [3.8, 4) is 0 Å². The van der Waals surface area contributed by atoms with Gasteiger partial charge in [0.25, 0.3) is 5.91 Å². The van der Waals surface area contributed by atoms with Crippen molar-refractivity contribution >= 4 is 29.1 Å². The van der Waals surface area contributed by atoms with Crippen molar-refractivity contribution in [3.63, 3.8) is 0 Å². The zero-order valence-corrected chi connectivity index (χ0v) is 12.3. The highest BCUT2D eigenvalue weighted by molar-refractivity contribution is 6.33. The first-order valence-corrected chi connectivity index (χ1v) is 6.76. The standard InChI is InChI=1S/C13H16ClN3O4/c1-2-3-7-16(8-11(15)18)13(19)9-5-4-6-10(14)12(9)17(20)21/h4-6H,2-3,7-8H2,1H3,(H2,15,18). The number of rotatable bonds is 7. The first kappa shape index (κ1) is 16.9. The zero-order chi connectivity index (χ0) is 16.0. The van der Waals surface area contributed by atoms with Gasteiger partial charge in [-0.25, -0.2) is 0 Å². The van der Waals surface area contributed by atoms with Gasteiger partial charge in [-0.1, -0.05) is 31.0 Å². The van der Waals surface area contributed by atoms with E-state index in [1.165, 1.54) is 23.1 Å². The molecule has 0 saturated carbocycles. The fraction of sp³-hybridized carbons (Fsp3) is 0.385. The van der Waals surface area contributed by atoms with E-state index in [1.807, 2.05) is 6.92 Å². The molecule has 7 nitrogen and oxygen atoms in total. The second-order valence-corrected chi connectivity index (χ2v) is 4.85. The van der Waals surface area contributed by atoms with Crippen LogP contribution in [0.4, 0.5) is 5.69 Å². The second kappa shape index (κ2) is 7.58. The molecule has 0 atom stereocenters. The number of primary amides is 1. The number of para-hydroxylation sites is 1. The quantitative estimate of drug-likeness (QED) is 0.613. The van der Waals surface area contributed by atoms with Crippen LogP contribution in [0.1, 0.15) is 30.1 Å². The Kier molecular flexibility index (Phi) is 6.10. The predicted octanol–water partition coefficient (Wildman–Crippen LogP) is 1.98. The molecule has 21 heavy (non-hydrogen) atoms. The van der Waals surface area contributed by atoms with Gasteiger partial charge >= 0.3 is 5.69 Å². The molecule has 1 aromatic rings. The molecule has 1 aromatic carbocycles. The molecule has 0 fully saturated rings. The van der Waals surface area contributed by atoms with Gasteiger partial charge < -0.3 is 10.6 Å². The summed E-state index contributed by atoms with van der Waals surface area (Å²) >= 11 is 5.78. The third-order valence-corrected chi connectivity index (χ3v) is 3.12. The Morgan fingerprint density at radius 2 is 2.10 bits per heavy atom. The Balaban J connectivity index is 3.16. The summed E-state index contributed by atoms with van der Waals surface area (Å²) in [4.78, 5) is 35.0. The molecule has 0 aliphatic heterocycles. The van der Waals surface area contributed by atoms with Crippen molar-refractivity contribution in [2.45, 2.75) is 19.8 Å². The van der Waals surface area contributed by atoms with Gasteiger partial charge in [0.15, 0.2) is 0 Å². The Morgan fingerprint density at radius 1 is 1.43 bits per heavy atom. The largest absolute Gasteiger partial charge is 0.368 e. The number of carbonyl (C=O) groups excluding carboxylic acids is 2. The van der Waals surface area contributed by atoms with E-state index >= 15 is 0 Å². The monoisotopic (exact) mass is 313 g/mol. The number of nitro groups is 1. The van der Waals surface area contributed by atoms with Crippen LogP contribution in [0.3, 0.4) is 0 Å². The third-order valence-electron chi connectivity index (χ3n) is 2.82. The van der Waals surface area contributed by atoms with Gasteiger partial charge in [0.2, 0.25) is 5.91 Å². The van der Waals surface area contributed by atoms with Crippen LogP contribution >= 0.6 is 11.6 Å². The lowest BCUT2D eigenvalue weighted by atomic mass is 10.1. The van der Waals surface area contributed by atoms with E-state index in [1.54, 1.807) is 0 Å². The van der Waals surface area contributed by atoms with Crippen molar-refractivity contribution in [1.29, 1.82) is 0 Å². The molecule has 0 radical (unpaired) electrons. The average molecular weight is 314 g/mol. The zero-order valence-electron chi connectivity index (χ0n) is 11.5. The lowest BCUT2D eigenvalue weighted by Crippen LogP contribution is -2.39. The van der Waals surface area contributed by atoms with Crippen LogP contribution in [0, 0.1) is 10.1 Å². The minimum atomic E-state index is -0.710. The average Bonchev–Trinajstić information content (AvgIpc) is 2.41. The van der Waals surface area contributed by atoms with Crippen molar-refractivity contribution in [3.05, 3.63) is 38.9 Å². The maximum Gasteiger partial charge on any atom is 0.300 e. The first-order valence-electron chi connectivity index (χ1n) is 6.39. The highest BCUT2D eigenvalue weighted by atomic mass is 35.5. The summed E-state index contributed by atoms with van der Waals surface area (Å²) in [6.45, 7) is 1.93. The van der Waals surface area contributed by atoms with Crippen LogP contribution in [0.15, 0.2) is 18.2 Å². The van der Waals surface area contributed by atoms with Crippen LogP contribution in [0.5, 0.6) is 0 Å². The van der Waals surface area contributed by atoms with Gasteiger partial charge in [0.05, 0.1) is 11.5 Å². The van der Waals surface area contributed by atoms with Crippen LogP contribution < -0.4 is 5.73 Å². The van der Waals surface area contributed by atoms with E-state index < -0.39 is 22.4 Å². The number of hydrogen-bond donors (Lipinski definition) is 1. The molecule has 0 aromatic heterocycles. The Hall–Kier alpha value is -2.15. The minimum Gasteiger partial charge on any atom is -0.368 e. The van der Waals surface area contributed by atoms with E-state index in [9.17, 15) is 19.7 Å². The number of benzene rings is 1. The molecule has 0 saturated heterocycles. The van der Waals surface area contributed by atoms with Crippen molar-refractivity contribution < 1.29 is 14.5 Å². The maximum atomic E-state index is 12.4. The molecule has 8 heteroatoms. The molecule has 2 amide bonds. The van der Waals surface area contributed by atoms with Gasteiger partial charge in [-0.05, 0) is 18.6 Å². The molecular formula is C13H16ClN3O4. The number of unbranched alkanes of at least 4 members (excludes halogenated alkanes) is 1. The lowest BCUT2D eigenvalue weighted by molar-refractivity contribution is -0.385. The fourth-order valence-electron chi connectivity index (χ4n) is 1.83. The molecule has 114 valence electrons. The topological polar surface area (TPSA) is 107 Å². The predicted molar refractivity (Wildman–Crippen MR) is 78.1 cm³/mol. The number of nitrogens with two attached hydrogens (primary N) is 1. The molecule has 2 N–H and O–H groups in total. The van der Waals surface area contributed by atoms with Gasteiger partial charge in [0.1, 0.15) is 10.6 Å². The number of amides is 2. The van der Waals surface area contributed by atoms with E-state index in [2.05, 4.69) is 0 Å². The van der Waals surface area contributed by atoms with Crippen molar-refractivity contribution in [1.82, 2.24) is 4.90 Å². The molecule has 0 bridgehead atoms. The third kappa shape index (κ3) is 4.42. The summed E-state index contributed by atoms with van der Waals surface area (Å²) in [5.41, 5.74) is 4.50. The summed E-state index contributed by atoms with van der Waals surface area (Å²) < 4.78 is 0. The number of halogens is 1. The van der Waals surface area contributed by atoms with E-state index in [0.717, 1.165) is 6.42 Å². The van der Waals surface area contributed by atoms with Crippen LogP contribution in [0.25, 0.3) is 0 Å². The van der Waals surface area contributed by atoms with Crippen LogP contribution in [0.2, 0.25) is 5.02 Å². The highest BCUT2D eigenvalue weighted by Gasteiger charge is 2.27.